The molecular formula is C28H33N3O. The van der Waals surface area contributed by atoms with Crippen LogP contribution in [0.3, 0.4) is 0 Å². The van der Waals surface area contributed by atoms with Crippen LogP contribution < -0.4 is 10.4 Å². The van der Waals surface area contributed by atoms with Crippen molar-refractivity contribution in [3.63, 3.8) is 0 Å². The summed E-state index contributed by atoms with van der Waals surface area (Å²) >= 11 is 0. The third kappa shape index (κ3) is 6.44. The van der Waals surface area contributed by atoms with Gasteiger partial charge >= 0.3 is 0 Å². The first kappa shape index (κ1) is 22.1. The average molecular weight is 428 g/mol. The molecular weight excluding hydrogens is 394 g/mol. The van der Waals surface area contributed by atoms with Crippen molar-refractivity contribution in [3.8, 4) is 0 Å². The standard InChI is InChI=1S/C28H33N3O/c1-4-13-24(14-5-1)23-32-29-22-11-10-15-25-16-12-21-28(25)30-31(26-17-6-2-7-18-26)27-19-8-3-9-20-27/h1-9,13-14,17-20,22,25,28,30H,10-12,15-16,21,23H2/b29-22+. The van der Waals surface area contributed by atoms with E-state index in [0.29, 0.717) is 18.6 Å². The van der Waals surface area contributed by atoms with E-state index in [1.807, 2.05) is 24.4 Å². The number of para-hydroxylation sites is 2. The Morgan fingerprint density at radius 1 is 0.844 bits per heavy atom. The quantitative estimate of drug-likeness (QED) is 0.206. The molecule has 166 valence electrons. The molecule has 0 spiro atoms. The molecule has 2 unspecified atom stereocenters. The zero-order chi connectivity index (χ0) is 21.8. The molecule has 3 aromatic rings. The minimum atomic E-state index is 0.488. The Morgan fingerprint density at radius 3 is 2.12 bits per heavy atom. The molecule has 4 heteroatoms. The normalized spacial score (nSPS) is 18.1. The van der Waals surface area contributed by atoms with Crippen LogP contribution in [0.5, 0.6) is 0 Å². The van der Waals surface area contributed by atoms with E-state index in [9.17, 15) is 0 Å². The van der Waals surface area contributed by atoms with Gasteiger partial charge in [0, 0.05) is 12.3 Å². The van der Waals surface area contributed by atoms with E-state index in [0.717, 1.165) is 18.4 Å². The average Bonchev–Trinajstić information content (AvgIpc) is 3.30. The molecule has 1 aliphatic rings. The first-order valence-electron chi connectivity index (χ1n) is 11.7. The van der Waals surface area contributed by atoms with Crippen molar-refractivity contribution in [2.24, 2.45) is 11.1 Å². The molecule has 0 aromatic heterocycles. The van der Waals surface area contributed by atoms with E-state index >= 15 is 0 Å². The monoisotopic (exact) mass is 427 g/mol. The lowest BCUT2D eigenvalue weighted by atomic mass is 9.97. The van der Waals surface area contributed by atoms with Gasteiger partial charge in [-0.15, -0.1) is 0 Å². The molecule has 32 heavy (non-hydrogen) atoms. The van der Waals surface area contributed by atoms with E-state index in [4.69, 9.17) is 4.84 Å². The van der Waals surface area contributed by atoms with Crippen LogP contribution >= 0.6 is 0 Å². The molecule has 2 atom stereocenters. The van der Waals surface area contributed by atoms with Crippen molar-refractivity contribution in [3.05, 3.63) is 96.6 Å². The molecule has 0 radical (unpaired) electrons. The molecule has 3 aromatic carbocycles. The lowest BCUT2D eigenvalue weighted by molar-refractivity contribution is 0.131. The Morgan fingerprint density at radius 2 is 1.47 bits per heavy atom. The molecule has 4 rings (SSSR count). The molecule has 0 amide bonds. The maximum atomic E-state index is 5.41. The number of rotatable bonds is 11. The zero-order valence-electron chi connectivity index (χ0n) is 18.6. The topological polar surface area (TPSA) is 36.9 Å². The van der Waals surface area contributed by atoms with Gasteiger partial charge in [-0.2, -0.15) is 0 Å². The van der Waals surface area contributed by atoms with Gasteiger partial charge in [0.1, 0.15) is 6.61 Å². The van der Waals surface area contributed by atoms with Crippen molar-refractivity contribution < 1.29 is 4.84 Å². The summed E-state index contributed by atoms with van der Waals surface area (Å²) in [6, 6.07) is 31.8. The van der Waals surface area contributed by atoms with Crippen molar-refractivity contribution in [2.75, 3.05) is 5.01 Å². The largest absolute Gasteiger partial charge is 0.391 e. The molecule has 0 aliphatic heterocycles. The SMILES string of the molecule is C(/CCCC1CCCC1NN(c1ccccc1)c1ccccc1)=N\OCc1ccccc1. The van der Waals surface area contributed by atoms with Crippen molar-refractivity contribution in [1.29, 1.82) is 0 Å². The van der Waals surface area contributed by atoms with Crippen LogP contribution in [0.2, 0.25) is 0 Å². The van der Waals surface area contributed by atoms with Gasteiger partial charge in [0.2, 0.25) is 0 Å². The van der Waals surface area contributed by atoms with Crippen LogP contribution in [0.4, 0.5) is 11.4 Å². The van der Waals surface area contributed by atoms with Crippen LogP contribution in [0.25, 0.3) is 0 Å². The summed E-state index contributed by atoms with van der Waals surface area (Å²) in [6.07, 6.45) is 9.01. The number of hydrazine groups is 1. The van der Waals surface area contributed by atoms with Crippen LogP contribution in [0, 0.1) is 5.92 Å². The highest BCUT2D eigenvalue weighted by Gasteiger charge is 2.28. The highest BCUT2D eigenvalue weighted by Crippen LogP contribution is 2.32. The van der Waals surface area contributed by atoms with Crippen molar-refractivity contribution in [1.82, 2.24) is 5.43 Å². The van der Waals surface area contributed by atoms with Crippen LogP contribution in [-0.2, 0) is 11.4 Å². The van der Waals surface area contributed by atoms with Gasteiger partial charge < -0.3 is 4.84 Å². The number of anilines is 2. The first-order valence-corrected chi connectivity index (χ1v) is 11.7. The minimum absolute atomic E-state index is 0.488. The fourth-order valence-electron chi connectivity index (χ4n) is 4.43. The molecule has 4 nitrogen and oxygen atoms in total. The van der Waals surface area contributed by atoms with E-state index in [-0.39, 0.29) is 0 Å². The Labute approximate surface area is 191 Å². The van der Waals surface area contributed by atoms with Gasteiger partial charge in [0.25, 0.3) is 0 Å². The zero-order valence-corrected chi connectivity index (χ0v) is 18.6. The molecule has 1 aliphatic carbocycles. The van der Waals surface area contributed by atoms with Gasteiger partial charge in [0.05, 0.1) is 11.4 Å². The second-order valence-corrected chi connectivity index (χ2v) is 8.41. The van der Waals surface area contributed by atoms with Crippen molar-refractivity contribution in [2.45, 2.75) is 51.2 Å². The minimum Gasteiger partial charge on any atom is -0.391 e. The van der Waals surface area contributed by atoms with E-state index in [2.05, 4.69) is 88.4 Å². The lowest BCUT2D eigenvalue weighted by Crippen LogP contribution is -2.43. The number of unbranched alkanes of at least 4 members (excludes halogenated alkanes) is 1. The summed E-state index contributed by atoms with van der Waals surface area (Å²) in [5, 5.41) is 6.38. The second kappa shape index (κ2) is 12.1. The molecule has 0 heterocycles. The number of nitrogens with one attached hydrogen (secondary N) is 1. The Bertz CT molecular complexity index is 891. The van der Waals surface area contributed by atoms with Gasteiger partial charge in [-0.1, -0.05) is 78.3 Å². The molecule has 1 N–H and O–H groups in total. The van der Waals surface area contributed by atoms with Gasteiger partial charge in [-0.3, -0.25) is 5.01 Å². The van der Waals surface area contributed by atoms with Gasteiger partial charge in [0.15, 0.2) is 0 Å². The van der Waals surface area contributed by atoms with Gasteiger partial charge in [-0.25, -0.2) is 5.43 Å². The first-order chi connectivity index (χ1) is 15.9. The lowest BCUT2D eigenvalue weighted by Gasteiger charge is -2.32. The van der Waals surface area contributed by atoms with Crippen LogP contribution in [0.15, 0.2) is 96.2 Å². The maximum absolute atomic E-state index is 5.41. The second-order valence-electron chi connectivity index (χ2n) is 8.41. The summed E-state index contributed by atoms with van der Waals surface area (Å²) < 4.78 is 0. The smallest absolute Gasteiger partial charge is 0.142 e. The Hall–Kier alpha value is -3.11. The van der Waals surface area contributed by atoms with Crippen molar-refractivity contribution >= 4 is 17.6 Å². The highest BCUT2D eigenvalue weighted by molar-refractivity contribution is 5.61. The Balaban J connectivity index is 1.26. The number of nitrogens with zero attached hydrogens (tertiary/aromatic N) is 2. The fourth-order valence-corrected chi connectivity index (χ4v) is 4.43. The summed E-state index contributed by atoms with van der Waals surface area (Å²) in [7, 11) is 0. The number of oxime groups is 1. The number of hydrogen-bond acceptors (Lipinski definition) is 4. The third-order valence-corrected chi connectivity index (χ3v) is 6.11. The highest BCUT2D eigenvalue weighted by atomic mass is 16.6. The number of benzene rings is 3. The predicted octanol–water partition coefficient (Wildman–Crippen LogP) is 6.87. The Kier molecular flexibility index (Phi) is 8.33. The third-order valence-electron chi connectivity index (χ3n) is 6.11. The summed E-state index contributed by atoms with van der Waals surface area (Å²) in [5.74, 6) is 0.684. The number of hydrogen-bond donors (Lipinski definition) is 1. The predicted molar refractivity (Wildman–Crippen MR) is 133 cm³/mol. The van der Waals surface area contributed by atoms with Gasteiger partial charge in [-0.05, 0) is 67.9 Å². The summed E-state index contributed by atoms with van der Waals surface area (Å²) in [4.78, 5) is 5.41. The fraction of sp³-hybridized carbons (Fsp3) is 0.321. The van der Waals surface area contributed by atoms with E-state index in [1.165, 1.54) is 37.1 Å². The summed E-state index contributed by atoms with van der Waals surface area (Å²) in [6.45, 7) is 0.529. The molecule has 1 fully saturated rings. The molecule has 0 bridgehead atoms. The van der Waals surface area contributed by atoms with Crippen LogP contribution in [0.1, 0.15) is 44.1 Å². The van der Waals surface area contributed by atoms with E-state index in [1.54, 1.807) is 0 Å². The molecule has 1 saturated carbocycles. The van der Waals surface area contributed by atoms with E-state index < -0.39 is 0 Å². The van der Waals surface area contributed by atoms with Crippen LogP contribution in [-0.4, -0.2) is 12.3 Å². The maximum Gasteiger partial charge on any atom is 0.142 e. The summed E-state index contributed by atoms with van der Waals surface area (Å²) in [5.41, 5.74) is 7.34. The molecule has 0 saturated heterocycles.